The van der Waals surface area contributed by atoms with Crippen LogP contribution in [-0.4, -0.2) is 38.4 Å². The molecule has 6 nitrogen and oxygen atoms in total. The highest BCUT2D eigenvalue weighted by atomic mass is 35.5. The number of aromatic nitrogens is 3. The Morgan fingerprint density at radius 2 is 1.85 bits per heavy atom. The smallest absolute Gasteiger partial charge is 0.233 e. The minimum Gasteiger partial charge on any atom is -0.485 e. The van der Waals surface area contributed by atoms with Gasteiger partial charge in [0.1, 0.15) is 12.4 Å². The summed E-state index contributed by atoms with van der Waals surface area (Å²) in [5, 5.41) is 9.36. The number of thiophene rings is 1. The maximum Gasteiger partial charge on any atom is 0.233 e. The van der Waals surface area contributed by atoms with E-state index in [-0.39, 0.29) is 18.3 Å². The molecule has 0 unspecified atom stereocenters. The third-order valence-electron chi connectivity index (χ3n) is 4.94. The van der Waals surface area contributed by atoms with Crippen molar-refractivity contribution in [1.82, 2.24) is 19.7 Å². The molecule has 4 aromatic rings. The first-order valence-electron chi connectivity index (χ1n) is 10.3. The monoisotopic (exact) mass is 498 g/mol. The van der Waals surface area contributed by atoms with E-state index in [1.54, 1.807) is 11.9 Å². The Morgan fingerprint density at radius 1 is 1.09 bits per heavy atom. The lowest BCUT2D eigenvalue weighted by Gasteiger charge is -2.16. The maximum atomic E-state index is 12.7. The van der Waals surface area contributed by atoms with Gasteiger partial charge in [0.2, 0.25) is 5.91 Å². The van der Waals surface area contributed by atoms with Gasteiger partial charge < -0.3 is 9.64 Å². The normalized spacial score (nSPS) is 10.9. The molecule has 0 aliphatic carbocycles. The highest BCUT2D eigenvalue weighted by Gasteiger charge is 2.18. The molecule has 0 saturated carbocycles. The molecule has 2 aromatic carbocycles. The van der Waals surface area contributed by atoms with Crippen LogP contribution in [0.1, 0.15) is 16.3 Å². The van der Waals surface area contributed by atoms with Crippen LogP contribution in [0.25, 0.3) is 5.69 Å². The van der Waals surface area contributed by atoms with Gasteiger partial charge in [-0.3, -0.25) is 9.36 Å². The number of amides is 1. The van der Waals surface area contributed by atoms with E-state index in [1.165, 1.54) is 23.1 Å². The zero-order valence-electron chi connectivity index (χ0n) is 18.3. The van der Waals surface area contributed by atoms with Crippen LogP contribution in [0.5, 0.6) is 5.75 Å². The van der Waals surface area contributed by atoms with Crippen molar-refractivity contribution in [3.05, 3.63) is 87.3 Å². The highest BCUT2D eigenvalue weighted by Crippen LogP contribution is 2.25. The molecule has 2 aromatic heterocycles. The molecule has 33 heavy (non-hydrogen) atoms. The first-order valence-corrected chi connectivity index (χ1v) is 12.5. The van der Waals surface area contributed by atoms with Gasteiger partial charge in [0.05, 0.1) is 16.6 Å². The van der Waals surface area contributed by atoms with Crippen LogP contribution in [-0.2, 0) is 17.9 Å². The third-order valence-corrected chi connectivity index (χ3v) is 7.07. The van der Waals surface area contributed by atoms with Crippen molar-refractivity contribution in [2.45, 2.75) is 25.2 Å². The second-order valence-electron chi connectivity index (χ2n) is 7.37. The Kier molecular flexibility index (Phi) is 7.69. The van der Waals surface area contributed by atoms with E-state index < -0.39 is 0 Å². The van der Waals surface area contributed by atoms with Gasteiger partial charge in [-0.05, 0) is 42.8 Å². The number of thioether (sulfide) groups is 1. The second-order valence-corrected chi connectivity index (χ2v) is 10.1. The van der Waals surface area contributed by atoms with Gasteiger partial charge in [-0.25, -0.2) is 0 Å². The summed E-state index contributed by atoms with van der Waals surface area (Å²) in [6.07, 6.45) is 0. The molecule has 0 fully saturated rings. The maximum absolute atomic E-state index is 12.7. The fourth-order valence-corrected chi connectivity index (χ4v) is 5.23. The van der Waals surface area contributed by atoms with Crippen LogP contribution in [0, 0.1) is 6.92 Å². The number of aryl methyl sites for hydroxylation is 1. The quantitative estimate of drug-likeness (QED) is 0.280. The zero-order valence-corrected chi connectivity index (χ0v) is 20.7. The van der Waals surface area contributed by atoms with E-state index in [4.69, 9.17) is 16.3 Å². The molecule has 9 heteroatoms. The summed E-state index contributed by atoms with van der Waals surface area (Å²) in [4.78, 5) is 15.5. The van der Waals surface area contributed by atoms with Gasteiger partial charge in [0.15, 0.2) is 11.0 Å². The number of rotatable bonds is 9. The van der Waals surface area contributed by atoms with Crippen molar-refractivity contribution in [2.75, 3.05) is 12.8 Å². The van der Waals surface area contributed by atoms with Gasteiger partial charge in [0.25, 0.3) is 0 Å². The largest absolute Gasteiger partial charge is 0.485 e. The van der Waals surface area contributed by atoms with Crippen molar-refractivity contribution in [3.63, 3.8) is 0 Å². The predicted octanol–water partition coefficient (Wildman–Crippen LogP) is 5.62. The number of benzene rings is 2. The van der Waals surface area contributed by atoms with Crippen LogP contribution in [0.3, 0.4) is 0 Å². The summed E-state index contributed by atoms with van der Waals surface area (Å²) >= 11 is 8.84. The van der Waals surface area contributed by atoms with E-state index in [0.717, 1.165) is 26.2 Å². The molecule has 1 amide bonds. The lowest BCUT2D eigenvalue weighted by molar-refractivity contribution is -0.127. The molecule has 0 atom stereocenters. The SMILES string of the molecule is Cc1ccccc1OCc1nnc(SCC(=O)N(C)Cc2ccc(Cl)s2)n1-c1ccccc1. The number of carbonyl (C=O) groups is 1. The van der Waals surface area contributed by atoms with Crippen LogP contribution in [0.15, 0.2) is 71.9 Å². The van der Waals surface area contributed by atoms with Gasteiger partial charge in [-0.15, -0.1) is 21.5 Å². The van der Waals surface area contributed by atoms with Crippen LogP contribution in [0.4, 0.5) is 0 Å². The predicted molar refractivity (Wildman–Crippen MR) is 133 cm³/mol. The van der Waals surface area contributed by atoms with E-state index in [9.17, 15) is 4.79 Å². The summed E-state index contributed by atoms with van der Waals surface area (Å²) in [7, 11) is 1.79. The minimum atomic E-state index is 0.00449. The zero-order chi connectivity index (χ0) is 23.2. The van der Waals surface area contributed by atoms with Crippen molar-refractivity contribution < 1.29 is 9.53 Å². The summed E-state index contributed by atoms with van der Waals surface area (Å²) in [6.45, 7) is 2.79. The number of hydrogen-bond donors (Lipinski definition) is 0. The summed E-state index contributed by atoms with van der Waals surface area (Å²) in [6, 6.07) is 21.5. The molecular weight excluding hydrogens is 476 g/mol. The van der Waals surface area contributed by atoms with Crippen molar-refractivity contribution >= 4 is 40.6 Å². The Bertz CT molecular complexity index is 1230. The first-order chi connectivity index (χ1) is 16.0. The van der Waals surface area contributed by atoms with Gasteiger partial charge >= 0.3 is 0 Å². The van der Waals surface area contributed by atoms with Crippen molar-refractivity contribution in [1.29, 1.82) is 0 Å². The van der Waals surface area contributed by atoms with Crippen molar-refractivity contribution in [3.8, 4) is 11.4 Å². The summed E-state index contributed by atoms with van der Waals surface area (Å²) in [5.41, 5.74) is 1.97. The molecule has 0 bridgehead atoms. The summed E-state index contributed by atoms with van der Waals surface area (Å²) in [5.74, 6) is 1.73. The number of carbonyl (C=O) groups excluding carboxylic acids is 1. The molecule has 2 heterocycles. The molecule has 0 saturated heterocycles. The molecule has 0 aliphatic heterocycles. The molecular formula is C24H23ClN4O2S2. The van der Waals surface area contributed by atoms with E-state index in [2.05, 4.69) is 10.2 Å². The Balaban J connectivity index is 1.48. The average Bonchev–Trinajstić information content (AvgIpc) is 3.42. The van der Waals surface area contributed by atoms with E-state index in [1.807, 2.05) is 78.2 Å². The van der Waals surface area contributed by atoms with Crippen LogP contribution < -0.4 is 4.74 Å². The average molecular weight is 499 g/mol. The fourth-order valence-electron chi connectivity index (χ4n) is 3.18. The Morgan fingerprint density at radius 3 is 2.58 bits per heavy atom. The molecule has 0 N–H and O–H groups in total. The number of nitrogens with zero attached hydrogens (tertiary/aromatic N) is 4. The third kappa shape index (κ3) is 5.96. The lowest BCUT2D eigenvalue weighted by Crippen LogP contribution is -2.27. The van der Waals surface area contributed by atoms with Crippen LogP contribution in [0.2, 0.25) is 4.34 Å². The Hall–Kier alpha value is -2.81. The highest BCUT2D eigenvalue weighted by molar-refractivity contribution is 7.99. The molecule has 0 spiro atoms. The number of hydrogen-bond acceptors (Lipinski definition) is 6. The van der Waals surface area contributed by atoms with Gasteiger partial charge in [0, 0.05) is 17.6 Å². The van der Waals surface area contributed by atoms with Gasteiger partial charge in [-0.1, -0.05) is 59.8 Å². The van der Waals surface area contributed by atoms with E-state index in [0.29, 0.717) is 17.5 Å². The van der Waals surface area contributed by atoms with Crippen LogP contribution >= 0.6 is 34.7 Å². The lowest BCUT2D eigenvalue weighted by atomic mass is 10.2. The standard InChI is InChI=1S/C24H23ClN4O2S2/c1-17-8-6-7-11-20(17)31-15-22-26-27-24(29(22)18-9-4-3-5-10-18)32-16-23(30)28(2)14-19-12-13-21(25)33-19/h3-13H,14-16H2,1-2H3. The first kappa shape index (κ1) is 23.4. The molecule has 0 radical (unpaired) electrons. The minimum absolute atomic E-state index is 0.00449. The number of para-hydroxylation sites is 2. The molecule has 170 valence electrons. The number of halogens is 1. The van der Waals surface area contributed by atoms with Crippen molar-refractivity contribution in [2.24, 2.45) is 0 Å². The molecule has 4 rings (SSSR count). The Labute approximate surface area is 206 Å². The van der Waals surface area contributed by atoms with Gasteiger partial charge in [-0.2, -0.15) is 0 Å². The molecule has 0 aliphatic rings. The van der Waals surface area contributed by atoms with E-state index >= 15 is 0 Å². The topological polar surface area (TPSA) is 60.3 Å². The number of ether oxygens (including phenoxy) is 1. The fraction of sp³-hybridized carbons (Fsp3) is 0.208. The second kappa shape index (κ2) is 10.9. The summed E-state index contributed by atoms with van der Waals surface area (Å²) < 4.78 is 8.67.